The van der Waals surface area contributed by atoms with Gasteiger partial charge in [-0.2, -0.15) is 0 Å². The monoisotopic (exact) mass is 425 g/mol. The first-order valence-corrected chi connectivity index (χ1v) is 11.0. The van der Waals surface area contributed by atoms with E-state index in [0.29, 0.717) is 11.7 Å². The highest BCUT2D eigenvalue weighted by Crippen LogP contribution is 2.24. The van der Waals surface area contributed by atoms with Gasteiger partial charge in [0.15, 0.2) is 11.7 Å². The first-order valence-electron chi connectivity index (χ1n) is 10.6. The van der Waals surface area contributed by atoms with Crippen molar-refractivity contribution in [3.63, 3.8) is 0 Å². The molecule has 0 unspecified atom stereocenters. The maximum atomic E-state index is 12.2. The van der Waals surface area contributed by atoms with E-state index in [2.05, 4.69) is 48.4 Å². The number of thiocarbonyl (C=S) groups is 1. The Kier molecular flexibility index (Phi) is 7.69. The van der Waals surface area contributed by atoms with Gasteiger partial charge < -0.3 is 15.0 Å². The molecule has 1 amide bonds. The Morgan fingerprint density at radius 3 is 2.43 bits per heavy atom. The van der Waals surface area contributed by atoms with Crippen LogP contribution in [0, 0.1) is 6.92 Å². The van der Waals surface area contributed by atoms with Crippen molar-refractivity contribution in [3.8, 4) is 5.75 Å². The van der Waals surface area contributed by atoms with Crippen LogP contribution < -0.4 is 20.3 Å². The average Bonchev–Trinajstić information content (AvgIpc) is 2.73. The van der Waals surface area contributed by atoms with E-state index in [1.807, 2.05) is 30.3 Å². The zero-order chi connectivity index (χ0) is 21.5. The van der Waals surface area contributed by atoms with Gasteiger partial charge in [0.05, 0.1) is 0 Å². The number of aryl methyl sites for hydroxylation is 1. The number of carbonyl (C=O) groups is 1. The van der Waals surface area contributed by atoms with Gasteiger partial charge >= 0.3 is 0 Å². The fraction of sp³-hybridized carbons (Fsp3) is 0.417. The molecule has 1 heterocycles. The van der Waals surface area contributed by atoms with E-state index >= 15 is 0 Å². The van der Waals surface area contributed by atoms with Gasteiger partial charge in [0.2, 0.25) is 0 Å². The molecule has 0 saturated carbocycles. The SMILES string of the molecule is Cc1cc(OCC(=O)NC(=S)Nc2ccc(N3CCCCC3)cc2)ccc1C(C)C. The van der Waals surface area contributed by atoms with Gasteiger partial charge in [-0.15, -0.1) is 0 Å². The molecule has 1 saturated heterocycles. The second-order valence-corrected chi connectivity index (χ2v) is 8.47. The van der Waals surface area contributed by atoms with Crippen molar-refractivity contribution in [2.75, 3.05) is 29.9 Å². The lowest BCUT2D eigenvalue weighted by molar-refractivity contribution is -0.121. The number of ether oxygens (including phenoxy) is 1. The lowest BCUT2D eigenvalue weighted by atomic mass is 9.98. The minimum absolute atomic E-state index is 0.0871. The van der Waals surface area contributed by atoms with Crippen LogP contribution in [-0.4, -0.2) is 30.7 Å². The van der Waals surface area contributed by atoms with E-state index in [-0.39, 0.29) is 17.6 Å². The lowest BCUT2D eigenvalue weighted by Gasteiger charge is -2.28. The minimum atomic E-state index is -0.289. The van der Waals surface area contributed by atoms with Crippen molar-refractivity contribution in [3.05, 3.63) is 53.6 Å². The van der Waals surface area contributed by atoms with Crippen molar-refractivity contribution in [1.29, 1.82) is 0 Å². The number of benzene rings is 2. The van der Waals surface area contributed by atoms with E-state index in [9.17, 15) is 4.79 Å². The molecule has 3 rings (SSSR count). The highest BCUT2D eigenvalue weighted by Gasteiger charge is 2.11. The maximum absolute atomic E-state index is 12.2. The van der Waals surface area contributed by atoms with Crippen molar-refractivity contribution in [2.24, 2.45) is 0 Å². The second kappa shape index (κ2) is 10.4. The summed E-state index contributed by atoms with van der Waals surface area (Å²) in [6, 6.07) is 14.1. The normalized spacial score (nSPS) is 13.8. The molecular weight excluding hydrogens is 394 g/mol. The highest BCUT2D eigenvalue weighted by atomic mass is 32.1. The molecule has 30 heavy (non-hydrogen) atoms. The first kappa shape index (κ1) is 22.1. The molecule has 0 atom stereocenters. The molecule has 5 nitrogen and oxygen atoms in total. The van der Waals surface area contributed by atoms with E-state index in [0.717, 1.165) is 24.3 Å². The number of carbonyl (C=O) groups excluding carboxylic acids is 1. The standard InChI is InChI=1S/C24H31N3O2S/c1-17(2)22-12-11-21(15-18(22)3)29-16-23(28)26-24(30)25-19-7-9-20(10-8-19)27-13-5-4-6-14-27/h7-12,15,17H,4-6,13-14,16H2,1-3H3,(H2,25,26,28,30). The number of piperidine rings is 1. The summed E-state index contributed by atoms with van der Waals surface area (Å²) in [6.07, 6.45) is 3.82. The van der Waals surface area contributed by atoms with Crippen LogP contribution in [0.5, 0.6) is 5.75 Å². The van der Waals surface area contributed by atoms with Crippen LogP contribution in [0.1, 0.15) is 50.2 Å². The highest BCUT2D eigenvalue weighted by molar-refractivity contribution is 7.80. The summed E-state index contributed by atoms with van der Waals surface area (Å²) >= 11 is 5.26. The van der Waals surface area contributed by atoms with Crippen molar-refractivity contribution < 1.29 is 9.53 Å². The third-order valence-corrected chi connectivity index (χ3v) is 5.54. The second-order valence-electron chi connectivity index (χ2n) is 8.06. The number of nitrogens with zero attached hydrogens (tertiary/aromatic N) is 1. The minimum Gasteiger partial charge on any atom is -0.484 e. The van der Waals surface area contributed by atoms with Crippen LogP contribution in [0.4, 0.5) is 11.4 Å². The Bertz CT molecular complexity index is 875. The van der Waals surface area contributed by atoms with Crippen LogP contribution in [0.3, 0.4) is 0 Å². The molecule has 1 fully saturated rings. The summed E-state index contributed by atoms with van der Waals surface area (Å²) in [4.78, 5) is 14.6. The number of rotatable bonds is 6. The van der Waals surface area contributed by atoms with Gasteiger partial charge in [-0.1, -0.05) is 19.9 Å². The zero-order valence-electron chi connectivity index (χ0n) is 18.0. The van der Waals surface area contributed by atoms with Gasteiger partial charge in [0, 0.05) is 24.5 Å². The summed E-state index contributed by atoms with van der Waals surface area (Å²) in [6.45, 7) is 8.51. The molecule has 0 radical (unpaired) electrons. The van der Waals surface area contributed by atoms with Gasteiger partial charge in [0.1, 0.15) is 5.75 Å². The molecule has 1 aliphatic rings. The number of anilines is 2. The first-order chi connectivity index (χ1) is 14.4. The predicted octanol–water partition coefficient (Wildman–Crippen LogP) is 5.00. The van der Waals surface area contributed by atoms with Gasteiger partial charge in [-0.05, 0) is 91.8 Å². The molecule has 1 aliphatic heterocycles. The van der Waals surface area contributed by atoms with Gasteiger partial charge in [-0.3, -0.25) is 10.1 Å². The fourth-order valence-electron chi connectivity index (χ4n) is 3.77. The molecule has 0 aromatic heterocycles. The Morgan fingerprint density at radius 2 is 1.80 bits per heavy atom. The Balaban J connectivity index is 1.45. The van der Waals surface area contributed by atoms with Crippen molar-refractivity contribution >= 4 is 34.6 Å². The molecular formula is C24H31N3O2S. The summed E-state index contributed by atoms with van der Waals surface area (Å²) in [5.74, 6) is 0.849. The van der Waals surface area contributed by atoms with E-state index in [1.54, 1.807) is 0 Å². The Hall–Kier alpha value is -2.60. The van der Waals surface area contributed by atoms with Crippen molar-refractivity contribution in [2.45, 2.75) is 46.0 Å². The molecule has 0 spiro atoms. The molecule has 160 valence electrons. The summed E-state index contributed by atoms with van der Waals surface area (Å²) in [5.41, 5.74) is 4.51. The molecule has 2 N–H and O–H groups in total. The van der Waals surface area contributed by atoms with Crippen LogP contribution in [0.2, 0.25) is 0 Å². The molecule has 0 bridgehead atoms. The van der Waals surface area contributed by atoms with E-state index in [4.69, 9.17) is 17.0 Å². The summed E-state index contributed by atoms with van der Waals surface area (Å²) in [7, 11) is 0. The number of hydrogen-bond donors (Lipinski definition) is 2. The Labute approximate surface area is 184 Å². The number of nitrogens with one attached hydrogen (secondary N) is 2. The largest absolute Gasteiger partial charge is 0.484 e. The molecule has 6 heteroatoms. The van der Waals surface area contributed by atoms with Gasteiger partial charge in [0.25, 0.3) is 5.91 Å². The smallest absolute Gasteiger partial charge is 0.264 e. The van der Waals surface area contributed by atoms with Crippen molar-refractivity contribution in [1.82, 2.24) is 5.32 Å². The van der Waals surface area contributed by atoms with Crippen LogP contribution in [0.15, 0.2) is 42.5 Å². The predicted molar refractivity (Wildman–Crippen MR) is 128 cm³/mol. The van der Waals surface area contributed by atoms with Crippen LogP contribution in [-0.2, 0) is 4.79 Å². The average molecular weight is 426 g/mol. The summed E-state index contributed by atoms with van der Waals surface area (Å²) in [5, 5.41) is 5.99. The maximum Gasteiger partial charge on any atom is 0.264 e. The van der Waals surface area contributed by atoms with Crippen LogP contribution in [0.25, 0.3) is 0 Å². The molecule has 2 aromatic rings. The lowest BCUT2D eigenvalue weighted by Crippen LogP contribution is -2.37. The van der Waals surface area contributed by atoms with Crippen LogP contribution >= 0.6 is 12.2 Å². The Morgan fingerprint density at radius 1 is 1.10 bits per heavy atom. The molecule has 2 aromatic carbocycles. The van der Waals surface area contributed by atoms with E-state index < -0.39 is 0 Å². The topological polar surface area (TPSA) is 53.6 Å². The molecule has 0 aliphatic carbocycles. The third-order valence-electron chi connectivity index (χ3n) is 5.33. The van der Waals surface area contributed by atoms with Gasteiger partial charge in [-0.25, -0.2) is 0 Å². The number of amides is 1. The van der Waals surface area contributed by atoms with E-state index in [1.165, 1.54) is 30.5 Å². The summed E-state index contributed by atoms with van der Waals surface area (Å²) < 4.78 is 5.61. The number of hydrogen-bond acceptors (Lipinski definition) is 4. The fourth-order valence-corrected chi connectivity index (χ4v) is 4.00. The zero-order valence-corrected chi connectivity index (χ0v) is 18.8. The quantitative estimate of drug-likeness (QED) is 0.638. The third kappa shape index (κ3) is 6.20.